The molecule has 1 fully saturated rings. The minimum atomic E-state index is -1.04. The van der Waals surface area contributed by atoms with Crippen molar-refractivity contribution in [2.24, 2.45) is 0 Å². The van der Waals surface area contributed by atoms with Gasteiger partial charge in [0.05, 0.1) is 5.60 Å². The molecule has 1 aliphatic rings. The van der Waals surface area contributed by atoms with Crippen molar-refractivity contribution in [3.05, 3.63) is 88.7 Å². The van der Waals surface area contributed by atoms with E-state index in [1.165, 1.54) is 0 Å². The molecular weight excluding hydrogens is 508 g/mol. The lowest BCUT2D eigenvalue weighted by Gasteiger charge is -2.33. The molecule has 204 valence electrons. The first-order valence-corrected chi connectivity index (χ1v) is 14.8. The molecule has 0 aliphatic heterocycles. The second-order valence-electron chi connectivity index (χ2n) is 10.2. The summed E-state index contributed by atoms with van der Waals surface area (Å²) in [7, 11) is 0. The number of hydrogen-bond acceptors (Lipinski definition) is 5. The number of nitrogens with zero attached hydrogens (tertiary/aromatic N) is 1. The van der Waals surface area contributed by atoms with Gasteiger partial charge >= 0.3 is 5.97 Å². The van der Waals surface area contributed by atoms with Crippen molar-refractivity contribution >= 4 is 35.8 Å². The fourth-order valence-electron chi connectivity index (χ4n) is 5.25. The Morgan fingerprint density at radius 3 is 2.56 bits per heavy atom. The van der Waals surface area contributed by atoms with Gasteiger partial charge in [0.15, 0.2) is 0 Å². The van der Waals surface area contributed by atoms with Gasteiger partial charge in [-0.1, -0.05) is 61.7 Å². The first-order valence-electron chi connectivity index (χ1n) is 13.4. The van der Waals surface area contributed by atoms with Crippen molar-refractivity contribution in [2.45, 2.75) is 57.1 Å². The molecule has 39 heavy (non-hydrogen) atoms. The van der Waals surface area contributed by atoms with Gasteiger partial charge in [-0.25, -0.2) is 4.79 Å². The van der Waals surface area contributed by atoms with Crippen LogP contribution in [0, 0.1) is 6.92 Å². The van der Waals surface area contributed by atoms with Crippen LogP contribution in [-0.2, 0) is 10.4 Å². The van der Waals surface area contributed by atoms with E-state index in [0.29, 0.717) is 17.7 Å². The van der Waals surface area contributed by atoms with Crippen LogP contribution in [0.1, 0.15) is 71.1 Å². The topological polar surface area (TPSA) is 99.5 Å². The number of hydrogen-bond donors (Lipinski definition) is 3. The number of amides is 1. The number of pyridine rings is 1. The Hall–Kier alpha value is -3.42. The number of aliphatic hydroxyl groups is 1. The van der Waals surface area contributed by atoms with Crippen molar-refractivity contribution in [3.8, 4) is 11.1 Å². The number of rotatable bonds is 10. The molecule has 7 heteroatoms. The van der Waals surface area contributed by atoms with Crippen molar-refractivity contribution < 1.29 is 19.8 Å². The van der Waals surface area contributed by atoms with Crippen molar-refractivity contribution in [1.82, 2.24) is 10.3 Å². The molecule has 1 amide bonds. The molecule has 1 atom stereocenters. The zero-order chi connectivity index (χ0) is 27.8. The number of aliphatic carboxylic acids is 1. The third-order valence-electron chi connectivity index (χ3n) is 7.43. The van der Waals surface area contributed by atoms with Gasteiger partial charge in [-0.15, -0.1) is 0 Å². The first-order chi connectivity index (χ1) is 18.8. The largest absolute Gasteiger partial charge is 0.480 e. The number of benzene rings is 2. The van der Waals surface area contributed by atoms with E-state index >= 15 is 0 Å². The van der Waals surface area contributed by atoms with Gasteiger partial charge in [-0.05, 0) is 89.8 Å². The summed E-state index contributed by atoms with van der Waals surface area (Å²) in [5, 5.41) is 23.7. The van der Waals surface area contributed by atoms with Gasteiger partial charge in [0.1, 0.15) is 6.04 Å². The summed E-state index contributed by atoms with van der Waals surface area (Å²) in [6.45, 7) is 1.99. The molecule has 1 aliphatic carbocycles. The van der Waals surface area contributed by atoms with Crippen LogP contribution in [-0.4, -0.2) is 45.1 Å². The Balaban J connectivity index is 1.69. The summed E-state index contributed by atoms with van der Waals surface area (Å²) < 4.78 is 0. The first kappa shape index (κ1) is 28.6. The van der Waals surface area contributed by atoms with Gasteiger partial charge in [-0.3, -0.25) is 9.78 Å². The van der Waals surface area contributed by atoms with E-state index in [4.69, 9.17) is 0 Å². The van der Waals surface area contributed by atoms with Crippen LogP contribution in [0.4, 0.5) is 0 Å². The zero-order valence-corrected chi connectivity index (χ0v) is 23.3. The van der Waals surface area contributed by atoms with Crippen molar-refractivity contribution in [2.75, 3.05) is 12.0 Å². The predicted octanol–water partition coefficient (Wildman–Crippen LogP) is 6.32. The van der Waals surface area contributed by atoms with Gasteiger partial charge in [0.2, 0.25) is 0 Å². The maximum absolute atomic E-state index is 13.3. The lowest BCUT2D eigenvalue weighted by Crippen LogP contribution is -2.41. The van der Waals surface area contributed by atoms with Crippen LogP contribution in [0.5, 0.6) is 0 Å². The average Bonchev–Trinajstić information content (AvgIpc) is 2.94. The maximum Gasteiger partial charge on any atom is 0.326 e. The standard InChI is InChI=1S/C32H36N2O4S/c1-22-8-4-5-9-25(22)27-20-23(11-13-26(27)30(35)34-29(31(36)37)15-19-39-2)10-12-24-21-33-18-14-28(24)32(38)16-6-3-7-17-32/h4-5,8-14,18,20-21,29,38H,3,6-7,15-17,19H2,1-2H3,(H,34,35)(H,36,37)/b12-10+/t29-/m0/s1. The van der Waals surface area contributed by atoms with Gasteiger partial charge in [0, 0.05) is 18.0 Å². The number of nitrogens with one attached hydrogen (secondary N) is 1. The van der Waals surface area contributed by atoms with Crippen LogP contribution in [0.3, 0.4) is 0 Å². The summed E-state index contributed by atoms with van der Waals surface area (Å²) in [5.74, 6) is -0.815. The quantitative estimate of drug-likeness (QED) is 0.276. The van der Waals surface area contributed by atoms with E-state index in [1.807, 2.05) is 67.8 Å². The Kier molecular flexibility index (Phi) is 9.59. The van der Waals surface area contributed by atoms with Crippen LogP contribution in [0.15, 0.2) is 60.9 Å². The Labute approximate surface area is 234 Å². The Morgan fingerprint density at radius 2 is 1.85 bits per heavy atom. The molecular formula is C32H36N2O4S. The van der Waals surface area contributed by atoms with E-state index in [1.54, 1.807) is 30.2 Å². The highest BCUT2D eigenvalue weighted by Crippen LogP contribution is 2.39. The number of carboxylic acid groups (broad SMARTS) is 1. The number of carbonyl (C=O) groups is 2. The molecule has 4 rings (SSSR count). The number of aryl methyl sites for hydroxylation is 1. The Morgan fingerprint density at radius 1 is 1.08 bits per heavy atom. The van der Waals surface area contributed by atoms with Gasteiger partial charge in [-0.2, -0.15) is 11.8 Å². The molecule has 0 unspecified atom stereocenters. The third-order valence-corrected chi connectivity index (χ3v) is 8.07. The number of thioether (sulfide) groups is 1. The van der Waals surface area contributed by atoms with E-state index < -0.39 is 23.5 Å². The number of carbonyl (C=O) groups excluding carboxylic acids is 1. The smallest absolute Gasteiger partial charge is 0.326 e. The number of aromatic nitrogens is 1. The fourth-order valence-corrected chi connectivity index (χ4v) is 5.72. The van der Waals surface area contributed by atoms with Crippen LogP contribution in [0.25, 0.3) is 23.3 Å². The SMILES string of the molecule is CSCC[C@H](NC(=O)c1ccc(/C=C/c2cnccc2C2(O)CCCCC2)cc1-c1ccccc1C)C(=O)O. The minimum Gasteiger partial charge on any atom is -0.480 e. The highest BCUT2D eigenvalue weighted by Gasteiger charge is 2.32. The third kappa shape index (κ3) is 6.97. The molecule has 6 nitrogen and oxygen atoms in total. The Bertz CT molecular complexity index is 1350. The molecule has 1 aromatic heterocycles. The molecule has 0 saturated heterocycles. The highest BCUT2D eigenvalue weighted by molar-refractivity contribution is 7.98. The second kappa shape index (κ2) is 13.1. The van der Waals surface area contributed by atoms with Crippen LogP contribution >= 0.6 is 11.8 Å². The summed E-state index contributed by atoms with van der Waals surface area (Å²) in [6.07, 6.45) is 14.3. The lowest BCUT2D eigenvalue weighted by molar-refractivity contribution is -0.139. The molecule has 2 aromatic carbocycles. The minimum absolute atomic E-state index is 0.350. The van der Waals surface area contributed by atoms with E-state index in [-0.39, 0.29) is 0 Å². The van der Waals surface area contributed by atoms with E-state index in [9.17, 15) is 19.8 Å². The van der Waals surface area contributed by atoms with Gasteiger partial charge < -0.3 is 15.5 Å². The van der Waals surface area contributed by atoms with E-state index in [0.717, 1.165) is 65.5 Å². The summed E-state index contributed by atoms with van der Waals surface area (Å²) in [6, 6.07) is 14.4. The molecule has 3 N–H and O–H groups in total. The highest BCUT2D eigenvalue weighted by atomic mass is 32.2. The van der Waals surface area contributed by atoms with Crippen LogP contribution in [0.2, 0.25) is 0 Å². The van der Waals surface area contributed by atoms with Crippen LogP contribution < -0.4 is 5.32 Å². The maximum atomic E-state index is 13.3. The second-order valence-corrected chi connectivity index (χ2v) is 11.1. The summed E-state index contributed by atoms with van der Waals surface area (Å²) in [5.41, 5.74) is 4.90. The van der Waals surface area contributed by atoms with Gasteiger partial charge in [0.25, 0.3) is 5.91 Å². The van der Waals surface area contributed by atoms with E-state index in [2.05, 4.69) is 10.3 Å². The summed E-state index contributed by atoms with van der Waals surface area (Å²) >= 11 is 1.55. The van der Waals surface area contributed by atoms with Crippen molar-refractivity contribution in [3.63, 3.8) is 0 Å². The monoisotopic (exact) mass is 544 g/mol. The average molecular weight is 545 g/mol. The molecule has 3 aromatic rings. The predicted molar refractivity (Wildman–Crippen MR) is 159 cm³/mol. The summed E-state index contributed by atoms with van der Waals surface area (Å²) in [4.78, 5) is 29.4. The number of carboxylic acids is 1. The van der Waals surface area contributed by atoms with Crippen molar-refractivity contribution in [1.29, 1.82) is 0 Å². The normalized spacial score (nSPS) is 15.7. The fraction of sp³-hybridized carbons (Fsp3) is 0.344. The molecule has 0 radical (unpaired) electrons. The zero-order valence-electron chi connectivity index (χ0n) is 22.5. The molecule has 0 bridgehead atoms. The molecule has 0 spiro atoms. The molecule has 1 saturated carbocycles. The lowest BCUT2D eigenvalue weighted by atomic mass is 9.78. The molecule has 1 heterocycles.